The van der Waals surface area contributed by atoms with E-state index in [-0.39, 0.29) is 5.91 Å². The van der Waals surface area contributed by atoms with E-state index >= 15 is 0 Å². The topological polar surface area (TPSA) is 46.3 Å². The third-order valence-corrected chi connectivity index (χ3v) is 3.47. The largest absolute Gasteiger partial charge is 0.340 e. The van der Waals surface area contributed by atoms with Gasteiger partial charge in [-0.2, -0.15) is 0 Å². The molecule has 0 aliphatic heterocycles. The number of benzene rings is 2. The first kappa shape index (κ1) is 14.3. The third-order valence-electron chi connectivity index (χ3n) is 3.47. The summed E-state index contributed by atoms with van der Waals surface area (Å²) in [5.74, 6) is -0.0700. The predicted octanol–water partition coefficient (Wildman–Crippen LogP) is 2.65. The lowest BCUT2D eigenvalue weighted by atomic mass is 10.1. The second-order valence-corrected chi connectivity index (χ2v) is 5.01. The summed E-state index contributed by atoms with van der Waals surface area (Å²) < 4.78 is 0. The van der Waals surface area contributed by atoms with E-state index in [9.17, 15) is 4.79 Å². The Morgan fingerprint density at radius 1 is 1.10 bits per heavy atom. The Balaban J connectivity index is 2.08. The molecule has 0 aliphatic rings. The summed E-state index contributed by atoms with van der Waals surface area (Å²) in [5, 5.41) is 0. The van der Waals surface area contributed by atoms with Gasteiger partial charge >= 0.3 is 0 Å². The molecule has 2 N–H and O–H groups in total. The van der Waals surface area contributed by atoms with Crippen molar-refractivity contribution in [3.05, 3.63) is 71.3 Å². The van der Waals surface area contributed by atoms with Crippen molar-refractivity contribution in [2.75, 3.05) is 7.05 Å². The van der Waals surface area contributed by atoms with E-state index in [1.165, 1.54) is 5.56 Å². The minimum Gasteiger partial charge on any atom is -0.340 e. The molecule has 0 unspecified atom stereocenters. The van der Waals surface area contributed by atoms with Gasteiger partial charge in [0.15, 0.2) is 0 Å². The summed E-state index contributed by atoms with van der Waals surface area (Å²) >= 11 is 0. The second kappa shape index (κ2) is 6.35. The molecule has 0 bridgehead atoms. The molecule has 0 saturated heterocycles. The number of carbonyl (C=O) groups is 1. The molecule has 0 aromatic heterocycles. The number of rotatable bonds is 4. The zero-order chi connectivity index (χ0) is 14.5. The van der Waals surface area contributed by atoms with Crippen molar-refractivity contribution in [2.24, 2.45) is 5.73 Å². The van der Waals surface area contributed by atoms with Crippen LogP contribution in [0.1, 0.15) is 22.7 Å². The predicted molar refractivity (Wildman–Crippen MR) is 81.0 cm³/mol. The maximum absolute atomic E-state index is 12.4. The SMILES string of the molecule is Cc1ccccc1CN(C)C(=O)[C@H](N)c1ccccc1. The number of likely N-dealkylation sites (N-methyl/N-ethyl adjacent to an activating group) is 1. The Kier molecular flexibility index (Phi) is 4.53. The van der Waals surface area contributed by atoms with E-state index in [4.69, 9.17) is 5.73 Å². The first-order chi connectivity index (χ1) is 9.59. The summed E-state index contributed by atoms with van der Waals surface area (Å²) in [4.78, 5) is 14.0. The molecule has 2 aromatic rings. The number of amides is 1. The molecular weight excluding hydrogens is 248 g/mol. The fraction of sp³-hybridized carbons (Fsp3) is 0.235. The van der Waals surface area contributed by atoms with Gasteiger partial charge in [0.05, 0.1) is 0 Å². The quantitative estimate of drug-likeness (QED) is 0.926. The van der Waals surface area contributed by atoms with E-state index in [0.29, 0.717) is 6.54 Å². The van der Waals surface area contributed by atoms with Gasteiger partial charge in [-0.05, 0) is 23.6 Å². The Morgan fingerprint density at radius 3 is 2.35 bits per heavy atom. The van der Waals surface area contributed by atoms with Crippen molar-refractivity contribution in [3.63, 3.8) is 0 Å². The molecule has 0 radical (unpaired) electrons. The average Bonchev–Trinajstić information content (AvgIpc) is 2.49. The molecule has 20 heavy (non-hydrogen) atoms. The monoisotopic (exact) mass is 268 g/mol. The first-order valence-corrected chi connectivity index (χ1v) is 6.69. The summed E-state index contributed by atoms with van der Waals surface area (Å²) in [6.45, 7) is 2.62. The van der Waals surface area contributed by atoms with E-state index in [1.807, 2.05) is 61.5 Å². The highest BCUT2D eigenvalue weighted by Crippen LogP contribution is 2.15. The van der Waals surface area contributed by atoms with Gasteiger partial charge in [0.1, 0.15) is 6.04 Å². The van der Waals surface area contributed by atoms with Crippen molar-refractivity contribution >= 4 is 5.91 Å². The molecule has 1 amide bonds. The van der Waals surface area contributed by atoms with Gasteiger partial charge in [-0.15, -0.1) is 0 Å². The van der Waals surface area contributed by atoms with Crippen LogP contribution in [-0.2, 0) is 11.3 Å². The van der Waals surface area contributed by atoms with E-state index in [1.54, 1.807) is 11.9 Å². The minimum atomic E-state index is -0.606. The van der Waals surface area contributed by atoms with Crippen LogP contribution in [0.2, 0.25) is 0 Å². The Labute approximate surface area is 120 Å². The zero-order valence-electron chi connectivity index (χ0n) is 11.9. The lowest BCUT2D eigenvalue weighted by Gasteiger charge is -2.22. The number of carbonyl (C=O) groups excluding carboxylic acids is 1. The van der Waals surface area contributed by atoms with Crippen LogP contribution in [0.3, 0.4) is 0 Å². The average molecular weight is 268 g/mol. The fourth-order valence-corrected chi connectivity index (χ4v) is 2.16. The molecular formula is C17H20N2O. The van der Waals surface area contributed by atoms with Crippen molar-refractivity contribution in [2.45, 2.75) is 19.5 Å². The second-order valence-electron chi connectivity index (χ2n) is 5.01. The molecule has 2 rings (SSSR count). The molecule has 0 aliphatic carbocycles. The van der Waals surface area contributed by atoms with Crippen molar-refractivity contribution in [1.29, 1.82) is 0 Å². The van der Waals surface area contributed by atoms with Crippen LogP contribution >= 0.6 is 0 Å². The molecule has 3 heteroatoms. The lowest BCUT2D eigenvalue weighted by molar-refractivity contribution is -0.131. The van der Waals surface area contributed by atoms with E-state index in [0.717, 1.165) is 11.1 Å². The molecule has 0 spiro atoms. The van der Waals surface area contributed by atoms with Crippen molar-refractivity contribution in [1.82, 2.24) is 4.90 Å². The molecule has 0 fully saturated rings. The van der Waals surface area contributed by atoms with Gasteiger partial charge in [-0.25, -0.2) is 0 Å². The molecule has 1 atom stereocenters. The molecule has 104 valence electrons. The third kappa shape index (κ3) is 3.25. The fourth-order valence-electron chi connectivity index (χ4n) is 2.16. The lowest BCUT2D eigenvalue weighted by Crippen LogP contribution is -2.35. The summed E-state index contributed by atoms with van der Waals surface area (Å²) in [5.41, 5.74) is 9.20. The number of nitrogens with zero attached hydrogens (tertiary/aromatic N) is 1. The maximum Gasteiger partial charge on any atom is 0.244 e. The van der Waals surface area contributed by atoms with Gasteiger partial charge in [-0.1, -0.05) is 54.6 Å². The number of nitrogens with two attached hydrogens (primary N) is 1. The smallest absolute Gasteiger partial charge is 0.244 e. The molecule has 0 saturated carbocycles. The van der Waals surface area contributed by atoms with Crippen LogP contribution < -0.4 is 5.73 Å². The van der Waals surface area contributed by atoms with Crippen molar-refractivity contribution < 1.29 is 4.79 Å². The standard InChI is InChI=1S/C17H20N2O/c1-13-8-6-7-11-15(13)12-19(2)17(20)16(18)14-9-4-3-5-10-14/h3-11,16H,12,18H2,1-2H3/t16-/m1/s1. The highest BCUT2D eigenvalue weighted by molar-refractivity contribution is 5.82. The van der Waals surface area contributed by atoms with Crippen LogP contribution in [0.4, 0.5) is 0 Å². The van der Waals surface area contributed by atoms with Crippen LogP contribution in [0, 0.1) is 6.92 Å². The Bertz CT molecular complexity index is 581. The number of hydrogen-bond acceptors (Lipinski definition) is 2. The summed E-state index contributed by atoms with van der Waals surface area (Å²) in [6.07, 6.45) is 0. The van der Waals surface area contributed by atoms with Gasteiger partial charge in [-0.3, -0.25) is 4.79 Å². The Hall–Kier alpha value is -2.13. The number of aryl methyl sites for hydroxylation is 1. The van der Waals surface area contributed by atoms with Crippen LogP contribution in [0.15, 0.2) is 54.6 Å². The maximum atomic E-state index is 12.4. The van der Waals surface area contributed by atoms with Crippen molar-refractivity contribution in [3.8, 4) is 0 Å². The Morgan fingerprint density at radius 2 is 1.70 bits per heavy atom. The van der Waals surface area contributed by atoms with Gasteiger partial charge in [0.2, 0.25) is 5.91 Å². The van der Waals surface area contributed by atoms with Crippen LogP contribution in [0.5, 0.6) is 0 Å². The van der Waals surface area contributed by atoms with E-state index in [2.05, 4.69) is 0 Å². The van der Waals surface area contributed by atoms with Crippen LogP contribution in [0.25, 0.3) is 0 Å². The molecule has 0 heterocycles. The minimum absolute atomic E-state index is 0.0700. The van der Waals surface area contributed by atoms with Gasteiger partial charge < -0.3 is 10.6 Å². The molecule has 3 nitrogen and oxygen atoms in total. The van der Waals surface area contributed by atoms with Gasteiger partial charge in [0, 0.05) is 13.6 Å². The van der Waals surface area contributed by atoms with Crippen LogP contribution in [-0.4, -0.2) is 17.9 Å². The summed E-state index contributed by atoms with van der Waals surface area (Å²) in [6, 6.07) is 16.9. The van der Waals surface area contributed by atoms with E-state index < -0.39 is 6.04 Å². The molecule has 2 aromatic carbocycles. The normalized spacial score (nSPS) is 11.9. The highest BCUT2D eigenvalue weighted by Gasteiger charge is 2.19. The number of hydrogen-bond donors (Lipinski definition) is 1. The van der Waals surface area contributed by atoms with Gasteiger partial charge in [0.25, 0.3) is 0 Å². The highest BCUT2D eigenvalue weighted by atomic mass is 16.2. The summed E-state index contributed by atoms with van der Waals surface area (Å²) in [7, 11) is 1.79. The zero-order valence-corrected chi connectivity index (χ0v) is 11.9. The first-order valence-electron chi connectivity index (χ1n) is 6.69.